The summed E-state index contributed by atoms with van der Waals surface area (Å²) in [5, 5.41) is 12.1. The van der Waals surface area contributed by atoms with E-state index in [1.54, 1.807) is 11.3 Å². The summed E-state index contributed by atoms with van der Waals surface area (Å²) in [5.41, 5.74) is 3.76. The number of benzene rings is 1. The average molecular weight is 246 g/mol. The number of thiophene rings is 1. The zero-order valence-corrected chi connectivity index (χ0v) is 11.1. The van der Waals surface area contributed by atoms with Crippen LogP contribution in [0.5, 0.6) is 0 Å². The Labute approximate surface area is 107 Å². The first-order valence-corrected chi connectivity index (χ1v) is 6.79. The van der Waals surface area contributed by atoms with Crippen molar-refractivity contribution in [2.75, 3.05) is 0 Å². The Morgan fingerprint density at radius 3 is 2.41 bits per heavy atom. The second-order valence-corrected chi connectivity index (χ2v) is 5.67. The molecule has 0 bridgehead atoms. The van der Waals surface area contributed by atoms with Crippen LogP contribution >= 0.6 is 11.3 Å². The van der Waals surface area contributed by atoms with Crippen LogP contribution in [0, 0.1) is 13.8 Å². The summed E-state index contributed by atoms with van der Waals surface area (Å²) >= 11 is 1.71. The van der Waals surface area contributed by atoms with Gasteiger partial charge in [0.25, 0.3) is 0 Å². The van der Waals surface area contributed by atoms with E-state index >= 15 is 0 Å². The molecule has 1 nitrogen and oxygen atoms in total. The van der Waals surface area contributed by atoms with Gasteiger partial charge in [-0.25, -0.2) is 0 Å². The molecule has 0 fully saturated rings. The Bertz CT molecular complexity index is 453. The maximum Gasteiger partial charge on any atom is 0.0628 e. The standard InChI is InChI=1S/C15H18OS/c1-11-6-12(2)8-13(7-11)9-14(16)10-15-4-3-5-17-15/h3-8,14,16H,9-10H2,1-2H3. The number of aliphatic hydroxyl groups excluding tert-OH is 1. The molecule has 0 saturated carbocycles. The predicted octanol–water partition coefficient (Wildman–Crippen LogP) is 3.51. The molecule has 2 aromatic rings. The molecule has 2 rings (SSSR count). The fraction of sp³-hybridized carbons (Fsp3) is 0.333. The maximum atomic E-state index is 10.1. The number of aliphatic hydroxyl groups is 1. The summed E-state index contributed by atoms with van der Waals surface area (Å²) in [7, 11) is 0. The first kappa shape index (κ1) is 12.3. The number of rotatable bonds is 4. The largest absolute Gasteiger partial charge is 0.392 e. The van der Waals surface area contributed by atoms with Crippen LogP contribution in [-0.4, -0.2) is 11.2 Å². The third-order valence-electron chi connectivity index (χ3n) is 2.77. The van der Waals surface area contributed by atoms with Crippen molar-refractivity contribution in [3.8, 4) is 0 Å². The van der Waals surface area contributed by atoms with Crippen molar-refractivity contribution in [3.05, 3.63) is 57.3 Å². The molecule has 1 aromatic heterocycles. The highest BCUT2D eigenvalue weighted by Crippen LogP contribution is 2.15. The summed E-state index contributed by atoms with van der Waals surface area (Å²) in [4.78, 5) is 1.25. The second kappa shape index (κ2) is 5.48. The van der Waals surface area contributed by atoms with Crippen LogP contribution in [0.2, 0.25) is 0 Å². The van der Waals surface area contributed by atoms with Gasteiger partial charge in [-0.1, -0.05) is 35.4 Å². The van der Waals surface area contributed by atoms with Crippen LogP contribution in [0.25, 0.3) is 0 Å². The van der Waals surface area contributed by atoms with Crippen molar-refractivity contribution in [1.82, 2.24) is 0 Å². The van der Waals surface area contributed by atoms with Crippen molar-refractivity contribution in [1.29, 1.82) is 0 Å². The molecular weight excluding hydrogens is 228 g/mol. The zero-order valence-electron chi connectivity index (χ0n) is 10.3. The minimum atomic E-state index is -0.283. The molecular formula is C15H18OS. The Balaban J connectivity index is 2.00. The monoisotopic (exact) mass is 246 g/mol. The minimum Gasteiger partial charge on any atom is -0.392 e. The Kier molecular flexibility index (Phi) is 3.97. The van der Waals surface area contributed by atoms with Gasteiger partial charge >= 0.3 is 0 Å². The van der Waals surface area contributed by atoms with Crippen LogP contribution < -0.4 is 0 Å². The fourth-order valence-corrected chi connectivity index (χ4v) is 2.97. The van der Waals surface area contributed by atoms with Crippen LogP contribution in [0.15, 0.2) is 35.7 Å². The molecule has 0 amide bonds. The number of aryl methyl sites for hydroxylation is 2. The van der Waals surface area contributed by atoms with Gasteiger partial charge in [-0.3, -0.25) is 0 Å². The lowest BCUT2D eigenvalue weighted by molar-refractivity contribution is 0.176. The molecule has 90 valence electrons. The summed E-state index contributed by atoms with van der Waals surface area (Å²) in [6, 6.07) is 10.6. The topological polar surface area (TPSA) is 20.2 Å². The fourth-order valence-electron chi connectivity index (χ4n) is 2.19. The van der Waals surface area contributed by atoms with Crippen LogP contribution in [0.4, 0.5) is 0 Å². The van der Waals surface area contributed by atoms with Crippen LogP contribution in [0.1, 0.15) is 21.6 Å². The molecule has 1 heterocycles. The maximum absolute atomic E-state index is 10.1. The van der Waals surface area contributed by atoms with Gasteiger partial charge in [-0.15, -0.1) is 11.3 Å². The van der Waals surface area contributed by atoms with Gasteiger partial charge in [-0.05, 0) is 37.3 Å². The van der Waals surface area contributed by atoms with Gasteiger partial charge in [0.2, 0.25) is 0 Å². The van der Waals surface area contributed by atoms with E-state index in [9.17, 15) is 5.11 Å². The van der Waals surface area contributed by atoms with Gasteiger partial charge in [0, 0.05) is 11.3 Å². The summed E-state index contributed by atoms with van der Waals surface area (Å²) in [6.07, 6.45) is 1.21. The van der Waals surface area contributed by atoms with Gasteiger partial charge in [0.1, 0.15) is 0 Å². The number of hydrogen-bond donors (Lipinski definition) is 1. The predicted molar refractivity (Wildman–Crippen MR) is 73.6 cm³/mol. The SMILES string of the molecule is Cc1cc(C)cc(CC(O)Cc2cccs2)c1. The summed E-state index contributed by atoms with van der Waals surface area (Å²) in [5.74, 6) is 0. The van der Waals surface area contributed by atoms with E-state index in [1.165, 1.54) is 21.6 Å². The van der Waals surface area contributed by atoms with Crippen LogP contribution in [-0.2, 0) is 12.8 Å². The summed E-state index contributed by atoms with van der Waals surface area (Å²) < 4.78 is 0. The van der Waals surface area contributed by atoms with Gasteiger partial charge in [0.15, 0.2) is 0 Å². The first-order valence-electron chi connectivity index (χ1n) is 5.91. The van der Waals surface area contributed by atoms with E-state index in [0.29, 0.717) is 0 Å². The molecule has 1 aromatic carbocycles. The molecule has 1 N–H and O–H groups in total. The molecule has 2 heteroatoms. The van der Waals surface area contributed by atoms with Gasteiger partial charge in [0.05, 0.1) is 6.10 Å². The van der Waals surface area contributed by atoms with E-state index in [2.05, 4.69) is 43.5 Å². The Morgan fingerprint density at radius 2 is 1.82 bits per heavy atom. The molecule has 0 aliphatic rings. The van der Waals surface area contributed by atoms with E-state index in [1.807, 2.05) is 6.07 Å². The lowest BCUT2D eigenvalue weighted by atomic mass is 10.0. The van der Waals surface area contributed by atoms with E-state index < -0.39 is 0 Å². The van der Waals surface area contributed by atoms with Crippen molar-refractivity contribution in [2.24, 2.45) is 0 Å². The Morgan fingerprint density at radius 1 is 1.12 bits per heavy atom. The smallest absolute Gasteiger partial charge is 0.0628 e. The third kappa shape index (κ3) is 3.69. The third-order valence-corrected chi connectivity index (χ3v) is 3.67. The molecule has 0 radical (unpaired) electrons. The molecule has 0 spiro atoms. The lowest BCUT2D eigenvalue weighted by Gasteiger charge is -2.11. The zero-order chi connectivity index (χ0) is 12.3. The van der Waals surface area contributed by atoms with Crippen molar-refractivity contribution >= 4 is 11.3 Å². The quantitative estimate of drug-likeness (QED) is 0.875. The molecule has 1 unspecified atom stereocenters. The number of hydrogen-bond acceptors (Lipinski definition) is 2. The molecule has 0 saturated heterocycles. The molecule has 17 heavy (non-hydrogen) atoms. The van der Waals surface area contributed by atoms with E-state index in [0.717, 1.165) is 12.8 Å². The van der Waals surface area contributed by atoms with Crippen molar-refractivity contribution in [3.63, 3.8) is 0 Å². The highest BCUT2D eigenvalue weighted by Gasteiger charge is 2.08. The van der Waals surface area contributed by atoms with E-state index in [-0.39, 0.29) is 6.10 Å². The van der Waals surface area contributed by atoms with Gasteiger partial charge < -0.3 is 5.11 Å². The first-order chi connectivity index (χ1) is 8.13. The summed E-state index contributed by atoms with van der Waals surface area (Å²) in [6.45, 7) is 4.20. The second-order valence-electron chi connectivity index (χ2n) is 4.64. The minimum absolute atomic E-state index is 0.283. The lowest BCUT2D eigenvalue weighted by Crippen LogP contribution is -2.13. The molecule has 0 aliphatic heterocycles. The van der Waals surface area contributed by atoms with Crippen molar-refractivity contribution in [2.45, 2.75) is 32.8 Å². The Hall–Kier alpha value is -1.12. The highest BCUT2D eigenvalue weighted by atomic mass is 32.1. The average Bonchev–Trinajstić information content (AvgIpc) is 2.67. The van der Waals surface area contributed by atoms with Crippen LogP contribution in [0.3, 0.4) is 0 Å². The van der Waals surface area contributed by atoms with Gasteiger partial charge in [-0.2, -0.15) is 0 Å². The normalized spacial score (nSPS) is 12.6. The molecule has 0 aliphatic carbocycles. The van der Waals surface area contributed by atoms with E-state index in [4.69, 9.17) is 0 Å². The molecule has 1 atom stereocenters. The highest BCUT2D eigenvalue weighted by molar-refractivity contribution is 7.09. The van der Waals surface area contributed by atoms with Crippen molar-refractivity contribution < 1.29 is 5.11 Å².